The van der Waals surface area contributed by atoms with E-state index in [4.69, 9.17) is 9.47 Å². The zero-order chi connectivity index (χ0) is 6.69. The molecule has 0 amide bonds. The van der Waals surface area contributed by atoms with Crippen molar-refractivity contribution in [2.45, 2.75) is 19.1 Å². The van der Waals surface area contributed by atoms with Gasteiger partial charge < -0.3 is 9.47 Å². The normalized spacial score (nSPS) is 32.1. The molecule has 1 fully saturated rings. The topological polar surface area (TPSA) is 18.5 Å². The summed E-state index contributed by atoms with van der Waals surface area (Å²) in [5, 5.41) is 0. The second-order valence-electron chi connectivity index (χ2n) is 2.03. The molecule has 0 bridgehead atoms. The molecule has 2 heteroatoms. The number of ether oxygens (including phenoxy) is 2. The molecular formula is C7H10O2. The molecule has 0 aromatic carbocycles. The van der Waals surface area contributed by atoms with E-state index in [9.17, 15) is 0 Å². The third kappa shape index (κ3) is 1.35. The summed E-state index contributed by atoms with van der Waals surface area (Å²) in [5.74, 6) is 0. The molecule has 0 aromatic heterocycles. The molecule has 1 heterocycles. The molecule has 0 N–H and O–H groups in total. The zero-order valence-electron chi connectivity index (χ0n) is 5.46. The highest BCUT2D eigenvalue weighted by atomic mass is 16.6. The maximum absolute atomic E-state index is 5.12. The van der Waals surface area contributed by atoms with Gasteiger partial charge in [0, 0.05) is 0 Å². The van der Waals surface area contributed by atoms with Gasteiger partial charge in [-0.05, 0) is 6.92 Å². The van der Waals surface area contributed by atoms with E-state index in [1.54, 1.807) is 0 Å². The fourth-order valence-corrected chi connectivity index (χ4v) is 0.653. The lowest BCUT2D eigenvalue weighted by molar-refractivity contribution is -0.155. The highest BCUT2D eigenvalue weighted by Gasteiger charge is 2.28. The van der Waals surface area contributed by atoms with Gasteiger partial charge in [0.05, 0.1) is 12.7 Å². The van der Waals surface area contributed by atoms with Crippen LogP contribution in [0.4, 0.5) is 0 Å². The van der Waals surface area contributed by atoms with Crippen LogP contribution >= 0.6 is 0 Å². The summed E-state index contributed by atoms with van der Waals surface area (Å²) in [6.07, 6.45) is 1.93. The van der Waals surface area contributed by atoms with Gasteiger partial charge in [0.1, 0.15) is 12.4 Å². The van der Waals surface area contributed by atoms with Crippen LogP contribution in [0.25, 0.3) is 0 Å². The average Bonchev–Trinajstić information content (AvgIpc) is 1.86. The predicted molar refractivity (Wildman–Crippen MR) is 34.0 cm³/mol. The first kappa shape index (κ1) is 6.40. The van der Waals surface area contributed by atoms with E-state index in [2.05, 4.69) is 12.3 Å². The Balaban J connectivity index is 2.20. The molecule has 2 unspecified atom stereocenters. The molecule has 0 radical (unpaired) electrons. The van der Waals surface area contributed by atoms with Crippen molar-refractivity contribution in [2.75, 3.05) is 6.61 Å². The fraction of sp³-hybridized carbons (Fsp3) is 0.571. The van der Waals surface area contributed by atoms with Crippen molar-refractivity contribution >= 4 is 0 Å². The van der Waals surface area contributed by atoms with Gasteiger partial charge in [-0.15, -0.1) is 0 Å². The molecule has 1 aliphatic heterocycles. The van der Waals surface area contributed by atoms with Crippen molar-refractivity contribution < 1.29 is 9.47 Å². The Morgan fingerprint density at radius 3 is 3.00 bits per heavy atom. The molecule has 9 heavy (non-hydrogen) atoms. The summed E-state index contributed by atoms with van der Waals surface area (Å²) in [4.78, 5) is 0. The van der Waals surface area contributed by atoms with Crippen LogP contribution in [0.5, 0.6) is 0 Å². The van der Waals surface area contributed by atoms with E-state index in [-0.39, 0.29) is 12.2 Å². The summed E-state index contributed by atoms with van der Waals surface area (Å²) in [5.41, 5.74) is 2.53. The van der Waals surface area contributed by atoms with Crippen LogP contribution in [0, 0.1) is 0 Å². The van der Waals surface area contributed by atoms with Crippen LogP contribution in [0.3, 0.4) is 0 Å². The smallest absolute Gasteiger partial charge is 0.148 e. The van der Waals surface area contributed by atoms with Gasteiger partial charge in [-0.2, -0.15) is 0 Å². The van der Waals surface area contributed by atoms with Crippen LogP contribution in [-0.2, 0) is 9.47 Å². The summed E-state index contributed by atoms with van der Waals surface area (Å²) >= 11 is 0. The molecule has 0 saturated carbocycles. The summed E-state index contributed by atoms with van der Waals surface area (Å²) in [6.45, 7) is 6.04. The Morgan fingerprint density at radius 1 is 1.89 bits per heavy atom. The molecule has 2 atom stereocenters. The maximum Gasteiger partial charge on any atom is 0.148 e. The van der Waals surface area contributed by atoms with Crippen LogP contribution in [0.1, 0.15) is 6.92 Å². The maximum atomic E-state index is 5.12. The third-order valence-electron chi connectivity index (χ3n) is 1.37. The van der Waals surface area contributed by atoms with Gasteiger partial charge in [0.25, 0.3) is 0 Å². The molecule has 0 spiro atoms. The minimum atomic E-state index is 0.222. The molecule has 1 rings (SSSR count). The Labute approximate surface area is 54.8 Å². The van der Waals surface area contributed by atoms with Gasteiger partial charge in [0.15, 0.2) is 0 Å². The Kier molecular flexibility index (Phi) is 1.93. The van der Waals surface area contributed by atoms with E-state index >= 15 is 0 Å². The van der Waals surface area contributed by atoms with Crippen LogP contribution < -0.4 is 0 Å². The van der Waals surface area contributed by atoms with Crippen LogP contribution in [0.15, 0.2) is 18.6 Å². The Bertz CT molecular complexity index is 136. The van der Waals surface area contributed by atoms with Crippen molar-refractivity contribution in [1.29, 1.82) is 0 Å². The van der Waals surface area contributed by atoms with E-state index in [0.717, 1.165) is 0 Å². The van der Waals surface area contributed by atoms with Crippen molar-refractivity contribution in [1.82, 2.24) is 0 Å². The molecule has 50 valence electrons. The van der Waals surface area contributed by atoms with Crippen molar-refractivity contribution in [3.8, 4) is 0 Å². The summed E-state index contributed by atoms with van der Waals surface area (Å²) < 4.78 is 10.2. The SMILES string of the molecule is C=C=COC1COC1C. The summed E-state index contributed by atoms with van der Waals surface area (Å²) in [6, 6.07) is 0. The first-order chi connectivity index (χ1) is 4.34. The van der Waals surface area contributed by atoms with E-state index < -0.39 is 0 Å². The van der Waals surface area contributed by atoms with Crippen molar-refractivity contribution in [2.24, 2.45) is 0 Å². The monoisotopic (exact) mass is 126 g/mol. The first-order valence-corrected chi connectivity index (χ1v) is 2.96. The first-order valence-electron chi connectivity index (χ1n) is 2.96. The fourth-order valence-electron chi connectivity index (χ4n) is 0.653. The van der Waals surface area contributed by atoms with Gasteiger partial charge >= 0.3 is 0 Å². The third-order valence-corrected chi connectivity index (χ3v) is 1.37. The molecule has 1 saturated heterocycles. The number of hydrogen-bond acceptors (Lipinski definition) is 2. The van der Waals surface area contributed by atoms with Gasteiger partial charge in [-0.25, -0.2) is 0 Å². The second kappa shape index (κ2) is 2.72. The number of hydrogen-bond donors (Lipinski definition) is 0. The molecular weight excluding hydrogens is 116 g/mol. The van der Waals surface area contributed by atoms with E-state index in [1.165, 1.54) is 6.26 Å². The average molecular weight is 126 g/mol. The highest BCUT2D eigenvalue weighted by molar-refractivity contribution is 4.78. The lowest BCUT2D eigenvalue weighted by Gasteiger charge is -2.32. The highest BCUT2D eigenvalue weighted by Crippen LogP contribution is 2.14. The Hall–Kier alpha value is -0.720. The van der Waals surface area contributed by atoms with Crippen molar-refractivity contribution in [3.05, 3.63) is 18.6 Å². The van der Waals surface area contributed by atoms with E-state index in [0.29, 0.717) is 6.61 Å². The molecule has 0 aliphatic carbocycles. The lowest BCUT2D eigenvalue weighted by Crippen LogP contribution is -2.43. The summed E-state index contributed by atoms with van der Waals surface area (Å²) in [7, 11) is 0. The largest absolute Gasteiger partial charge is 0.485 e. The van der Waals surface area contributed by atoms with E-state index in [1.807, 2.05) is 6.92 Å². The van der Waals surface area contributed by atoms with Crippen LogP contribution in [-0.4, -0.2) is 18.8 Å². The molecule has 2 nitrogen and oxygen atoms in total. The quantitative estimate of drug-likeness (QED) is 0.407. The Morgan fingerprint density at radius 2 is 2.67 bits per heavy atom. The standard InChI is InChI=1S/C7H10O2/c1-3-4-8-7-5-9-6(7)2/h4,6-7H,1,5H2,2H3. The number of rotatable bonds is 2. The molecule has 0 aromatic rings. The second-order valence-corrected chi connectivity index (χ2v) is 2.03. The van der Waals surface area contributed by atoms with Gasteiger partial charge in [-0.1, -0.05) is 12.3 Å². The predicted octanol–water partition coefficient (Wildman–Crippen LogP) is 1.09. The van der Waals surface area contributed by atoms with Crippen LogP contribution in [0.2, 0.25) is 0 Å². The van der Waals surface area contributed by atoms with Gasteiger partial charge in [0.2, 0.25) is 0 Å². The zero-order valence-corrected chi connectivity index (χ0v) is 5.46. The van der Waals surface area contributed by atoms with Gasteiger partial charge in [-0.3, -0.25) is 0 Å². The van der Waals surface area contributed by atoms with Crippen molar-refractivity contribution in [3.63, 3.8) is 0 Å². The lowest BCUT2D eigenvalue weighted by atomic mass is 10.2. The minimum Gasteiger partial charge on any atom is -0.485 e. The molecule has 1 aliphatic rings. The minimum absolute atomic E-state index is 0.222.